The van der Waals surface area contributed by atoms with Crippen LogP contribution in [0, 0.1) is 5.82 Å². The second-order valence-corrected chi connectivity index (χ2v) is 3.38. The van der Waals surface area contributed by atoms with Crippen LogP contribution in [0.3, 0.4) is 0 Å². The zero-order valence-electron chi connectivity index (χ0n) is 8.64. The highest BCUT2D eigenvalue weighted by atomic mass is 19.1. The number of ketones is 1. The number of carbonyl (C=O) groups is 1. The van der Waals surface area contributed by atoms with E-state index in [4.69, 9.17) is 0 Å². The van der Waals surface area contributed by atoms with E-state index in [9.17, 15) is 9.18 Å². The maximum absolute atomic E-state index is 13.6. The fourth-order valence-electron chi connectivity index (χ4n) is 1.40. The Kier molecular flexibility index (Phi) is 2.72. The number of carbonyl (C=O) groups excluding carboxylic acids is 1. The van der Waals surface area contributed by atoms with Gasteiger partial charge in [-0.2, -0.15) is 0 Å². The van der Waals surface area contributed by atoms with E-state index in [-0.39, 0.29) is 11.6 Å². The van der Waals surface area contributed by atoms with Gasteiger partial charge in [-0.1, -0.05) is 0 Å². The summed E-state index contributed by atoms with van der Waals surface area (Å²) in [7, 11) is 0. The Morgan fingerprint density at radius 2 is 1.94 bits per heavy atom. The van der Waals surface area contributed by atoms with Gasteiger partial charge < -0.3 is 0 Å². The molecule has 2 aromatic rings. The van der Waals surface area contributed by atoms with Crippen LogP contribution in [0.1, 0.15) is 17.3 Å². The van der Waals surface area contributed by atoms with Gasteiger partial charge in [-0.3, -0.25) is 4.79 Å². The van der Waals surface area contributed by atoms with E-state index in [1.54, 1.807) is 0 Å². The molecule has 0 aliphatic rings. The van der Waals surface area contributed by atoms with E-state index < -0.39 is 0 Å². The molecule has 0 radical (unpaired) electrons. The summed E-state index contributed by atoms with van der Waals surface area (Å²) >= 11 is 0. The number of aromatic nitrogens is 2. The number of benzene rings is 1. The van der Waals surface area contributed by atoms with Crippen LogP contribution < -0.4 is 0 Å². The second kappa shape index (κ2) is 4.18. The lowest BCUT2D eigenvalue weighted by atomic mass is 10.0. The molecule has 0 N–H and O–H groups in total. The first kappa shape index (κ1) is 10.4. The summed E-state index contributed by atoms with van der Waals surface area (Å²) in [4.78, 5) is 18.8. The Balaban J connectivity index is 2.56. The van der Waals surface area contributed by atoms with Crippen molar-refractivity contribution < 1.29 is 9.18 Å². The zero-order chi connectivity index (χ0) is 11.5. The van der Waals surface area contributed by atoms with Gasteiger partial charge >= 0.3 is 0 Å². The van der Waals surface area contributed by atoms with E-state index in [1.165, 1.54) is 43.8 Å². The standard InChI is InChI=1S/C12H9FN2O/c1-8(16)9-2-3-12(13)11(4-9)10-5-14-7-15-6-10/h2-7H,1H3. The van der Waals surface area contributed by atoms with E-state index in [1.807, 2.05) is 0 Å². The van der Waals surface area contributed by atoms with Gasteiger partial charge in [0.05, 0.1) is 0 Å². The molecule has 1 aromatic carbocycles. The molecule has 1 aromatic heterocycles. The lowest BCUT2D eigenvalue weighted by Gasteiger charge is -2.04. The van der Waals surface area contributed by atoms with Crippen molar-refractivity contribution in [2.75, 3.05) is 0 Å². The smallest absolute Gasteiger partial charge is 0.159 e. The van der Waals surface area contributed by atoms with Crippen molar-refractivity contribution in [3.63, 3.8) is 0 Å². The van der Waals surface area contributed by atoms with Gasteiger partial charge in [0.1, 0.15) is 12.1 Å². The van der Waals surface area contributed by atoms with E-state index in [0.717, 1.165) is 0 Å². The minimum Gasteiger partial charge on any atom is -0.295 e. The van der Waals surface area contributed by atoms with Crippen molar-refractivity contribution in [2.45, 2.75) is 6.92 Å². The Morgan fingerprint density at radius 3 is 2.56 bits per heavy atom. The van der Waals surface area contributed by atoms with E-state index in [0.29, 0.717) is 16.7 Å². The molecule has 0 unspecified atom stereocenters. The summed E-state index contributed by atoms with van der Waals surface area (Å²) in [5.41, 5.74) is 1.37. The normalized spacial score (nSPS) is 10.1. The molecule has 0 bridgehead atoms. The second-order valence-electron chi connectivity index (χ2n) is 3.38. The largest absolute Gasteiger partial charge is 0.295 e. The van der Waals surface area contributed by atoms with E-state index >= 15 is 0 Å². The lowest BCUT2D eigenvalue weighted by Crippen LogP contribution is -1.95. The molecule has 0 aliphatic heterocycles. The van der Waals surface area contributed by atoms with Crippen molar-refractivity contribution in [1.29, 1.82) is 0 Å². The Hall–Kier alpha value is -2.10. The molecule has 80 valence electrons. The summed E-state index contributed by atoms with van der Waals surface area (Å²) < 4.78 is 13.6. The Bertz CT molecular complexity index is 526. The average molecular weight is 216 g/mol. The topological polar surface area (TPSA) is 42.9 Å². The van der Waals surface area contributed by atoms with Crippen molar-refractivity contribution in [3.8, 4) is 11.1 Å². The predicted octanol–water partition coefficient (Wildman–Crippen LogP) is 2.49. The van der Waals surface area contributed by atoms with Gasteiger partial charge in [0, 0.05) is 29.1 Å². The fraction of sp³-hybridized carbons (Fsp3) is 0.0833. The molecule has 4 heteroatoms. The molecule has 16 heavy (non-hydrogen) atoms. The highest BCUT2D eigenvalue weighted by Gasteiger charge is 2.08. The average Bonchev–Trinajstić information content (AvgIpc) is 2.30. The SMILES string of the molecule is CC(=O)c1ccc(F)c(-c2cncnc2)c1. The molecule has 0 saturated heterocycles. The Morgan fingerprint density at radius 1 is 1.25 bits per heavy atom. The highest BCUT2D eigenvalue weighted by Crippen LogP contribution is 2.22. The van der Waals surface area contributed by atoms with Gasteiger partial charge in [-0.15, -0.1) is 0 Å². The number of halogens is 1. The fourth-order valence-corrected chi connectivity index (χ4v) is 1.40. The summed E-state index contributed by atoms with van der Waals surface area (Å²) in [5.74, 6) is -0.488. The van der Waals surface area contributed by atoms with E-state index in [2.05, 4.69) is 9.97 Å². The summed E-state index contributed by atoms with van der Waals surface area (Å²) in [6.45, 7) is 1.44. The molecule has 0 fully saturated rings. The van der Waals surface area contributed by atoms with Crippen LogP contribution >= 0.6 is 0 Å². The molecule has 0 atom stereocenters. The quantitative estimate of drug-likeness (QED) is 0.724. The summed E-state index contributed by atoms with van der Waals surface area (Å²) in [6, 6.07) is 4.25. The van der Waals surface area contributed by atoms with Gasteiger partial charge in [0.25, 0.3) is 0 Å². The third-order valence-corrected chi connectivity index (χ3v) is 2.24. The van der Waals surface area contributed by atoms with Crippen LogP contribution in [0.25, 0.3) is 11.1 Å². The molecular formula is C12H9FN2O. The molecule has 0 amide bonds. The number of rotatable bonds is 2. The van der Waals surface area contributed by atoms with Gasteiger partial charge in [0.2, 0.25) is 0 Å². The number of nitrogens with zero attached hydrogens (tertiary/aromatic N) is 2. The van der Waals surface area contributed by atoms with Crippen LogP contribution in [0.5, 0.6) is 0 Å². The minimum atomic E-state index is -0.389. The summed E-state index contributed by atoms with van der Waals surface area (Å²) in [5, 5.41) is 0. The molecular weight excluding hydrogens is 207 g/mol. The van der Waals surface area contributed by atoms with Crippen LogP contribution in [0.2, 0.25) is 0 Å². The van der Waals surface area contributed by atoms with Crippen LogP contribution in [-0.4, -0.2) is 15.8 Å². The monoisotopic (exact) mass is 216 g/mol. The van der Waals surface area contributed by atoms with Crippen molar-refractivity contribution in [1.82, 2.24) is 9.97 Å². The van der Waals surface area contributed by atoms with Crippen molar-refractivity contribution >= 4 is 5.78 Å². The number of Topliss-reactive ketones (excluding diaryl/α,β-unsaturated/α-hetero) is 1. The zero-order valence-corrected chi connectivity index (χ0v) is 8.64. The first-order chi connectivity index (χ1) is 7.68. The summed E-state index contributed by atoms with van der Waals surface area (Å²) in [6.07, 6.45) is 4.39. The Labute approximate surface area is 92.0 Å². The molecule has 3 nitrogen and oxygen atoms in total. The molecule has 1 heterocycles. The lowest BCUT2D eigenvalue weighted by molar-refractivity contribution is 0.101. The third kappa shape index (κ3) is 1.95. The maximum atomic E-state index is 13.6. The minimum absolute atomic E-state index is 0.0990. The molecule has 0 saturated carbocycles. The molecule has 0 spiro atoms. The first-order valence-corrected chi connectivity index (χ1v) is 4.74. The van der Waals surface area contributed by atoms with Crippen LogP contribution in [0.15, 0.2) is 36.9 Å². The molecule has 0 aliphatic carbocycles. The van der Waals surface area contributed by atoms with Crippen molar-refractivity contribution in [3.05, 3.63) is 48.3 Å². The predicted molar refractivity (Wildman–Crippen MR) is 57.4 cm³/mol. The molecule has 2 rings (SSSR count). The van der Waals surface area contributed by atoms with Gasteiger partial charge in [-0.25, -0.2) is 14.4 Å². The van der Waals surface area contributed by atoms with Crippen molar-refractivity contribution in [2.24, 2.45) is 0 Å². The van der Waals surface area contributed by atoms with Crippen LogP contribution in [0.4, 0.5) is 4.39 Å². The maximum Gasteiger partial charge on any atom is 0.159 e. The first-order valence-electron chi connectivity index (χ1n) is 4.74. The van der Waals surface area contributed by atoms with Crippen LogP contribution in [-0.2, 0) is 0 Å². The third-order valence-electron chi connectivity index (χ3n) is 2.24. The number of hydrogen-bond acceptors (Lipinski definition) is 3. The highest BCUT2D eigenvalue weighted by molar-refractivity contribution is 5.95. The number of hydrogen-bond donors (Lipinski definition) is 0. The van der Waals surface area contributed by atoms with Gasteiger partial charge in [0.15, 0.2) is 5.78 Å². The van der Waals surface area contributed by atoms with Gasteiger partial charge in [-0.05, 0) is 25.1 Å².